The number of hydrogen-bond acceptors (Lipinski definition) is 5. The lowest BCUT2D eigenvalue weighted by Crippen LogP contribution is -2.29. The maximum absolute atomic E-state index is 12.8. The van der Waals surface area contributed by atoms with Crippen molar-refractivity contribution in [1.29, 1.82) is 0 Å². The molecular formula is C29H31NO4. The van der Waals surface area contributed by atoms with Crippen LogP contribution in [0.5, 0.6) is 0 Å². The molecule has 0 saturated carbocycles. The quantitative estimate of drug-likeness (QED) is 0.437. The minimum Gasteiger partial charge on any atom is -0.465 e. The van der Waals surface area contributed by atoms with Crippen LogP contribution in [0, 0.1) is 0 Å². The van der Waals surface area contributed by atoms with Gasteiger partial charge in [0.1, 0.15) is 5.60 Å². The van der Waals surface area contributed by atoms with Crippen molar-refractivity contribution < 1.29 is 19.1 Å². The highest BCUT2D eigenvalue weighted by molar-refractivity contribution is 5.97. The summed E-state index contributed by atoms with van der Waals surface area (Å²) >= 11 is 0. The van der Waals surface area contributed by atoms with Gasteiger partial charge < -0.3 is 14.4 Å². The minimum absolute atomic E-state index is 0.309. The number of ether oxygens (including phenoxy) is 2. The van der Waals surface area contributed by atoms with Gasteiger partial charge >= 0.3 is 11.9 Å². The standard InChI is InChI=1S/C29H31NO4/c1-29(2,3)34-28(32)25-13-6-5-12-24(25)21-10-7-9-20(17-21)19-30-16-8-11-22-18-23(27(31)33-4)14-15-26(22)30/h5-7,9-10,12-15,17-18H,8,11,16,19H2,1-4H3. The number of aryl methyl sites for hydroxylation is 1. The fourth-order valence-corrected chi connectivity index (χ4v) is 4.39. The molecule has 1 aliphatic rings. The van der Waals surface area contributed by atoms with E-state index in [4.69, 9.17) is 9.47 Å². The molecule has 0 radical (unpaired) electrons. The Kier molecular flexibility index (Phi) is 6.73. The Morgan fingerprint density at radius 3 is 2.50 bits per heavy atom. The second-order valence-electron chi connectivity index (χ2n) is 9.61. The van der Waals surface area contributed by atoms with Gasteiger partial charge in [-0.05, 0) is 86.2 Å². The molecule has 0 saturated heterocycles. The molecule has 0 atom stereocenters. The summed E-state index contributed by atoms with van der Waals surface area (Å²) in [5.41, 5.74) is 5.91. The van der Waals surface area contributed by atoms with Crippen molar-refractivity contribution in [3.63, 3.8) is 0 Å². The first-order chi connectivity index (χ1) is 16.2. The molecule has 176 valence electrons. The maximum atomic E-state index is 12.8. The van der Waals surface area contributed by atoms with E-state index in [2.05, 4.69) is 17.0 Å². The lowest BCUT2D eigenvalue weighted by Gasteiger charge is -2.32. The van der Waals surface area contributed by atoms with Crippen molar-refractivity contribution in [3.05, 3.63) is 89.0 Å². The van der Waals surface area contributed by atoms with E-state index in [1.165, 1.54) is 12.7 Å². The number of carbonyl (C=O) groups excluding carboxylic acids is 2. The number of carbonyl (C=O) groups is 2. The van der Waals surface area contributed by atoms with E-state index in [1.807, 2.05) is 75.4 Å². The zero-order chi connectivity index (χ0) is 24.3. The SMILES string of the molecule is COC(=O)c1ccc2c(c1)CCCN2Cc1cccc(-c2ccccc2C(=O)OC(C)(C)C)c1. The number of esters is 2. The van der Waals surface area contributed by atoms with Crippen molar-refractivity contribution in [2.75, 3.05) is 18.6 Å². The van der Waals surface area contributed by atoms with Crippen LogP contribution in [0.25, 0.3) is 11.1 Å². The van der Waals surface area contributed by atoms with Gasteiger partial charge in [-0.25, -0.2) is 9.59 Å². The van der Waals surface area contributed by atoms with Crippen LogP contribution in [0.1, 0.15) is 59.0 Å². The Bertz CT molecular complexity index is 1210. The molecule has 3 aromatic carbocycles. The summed E-state index contributed by atoms with van der Waals surface area (Å²) < 4.78 is 10.5. The predicted molar refractivity (Wildman–Crippen MR) is 134 cm³/mol. The van der Waals surface area contributed by atoms with E-state index in [9.17, 15) is 9.59 Å². The first-order valence-corrected chi connectivity index (χ1v) is 11.6. The lowest BCUT2D eigenvalue weighted by molar-refractivity contribution is 0.00702. The Morgan fingerprint density at radius 1 is 0.941 bits per heavy atom. The van der Waals surface area contributed by atoms with Gasteiger partial charge in [0.25, 0.3) is 0 Å². The van der Waals surface area contributed by atoms with Crippen LogP contribution in [0.4, 0.5) is 5.69 Å². The molecule has 0 aromatic heterocycles. The topological polar surface area (TPSA) is 55.8 Å². The van der Waals surface area contributed by atoms with Gasteiger partial charge in [0.05, 0.1) is 18.2 Å². The van der Waals surface area contributed by atoms with E-state index in [0.717, 1.165) is 48.3 Å². The van der Waals surface area contributed by atoms with Gasteiger partial charge in [-0.1, -0.05) is 36.4 Å². The van der Waals surface area contributed by atoms with Crippen molar-refractivity contribution in [2.45, 2.75) is 45.8 Å². The second-order valence-corrected chi connectivity index (χ2v) is 9.61. The summed E-state index contributed by atoms with van der Waals surface area (Å²) in [6, 6.07) is 21.7. The van der Waals surface area contributed by atoms with Crippen molar-refractivity contribution in [2.24, 2.45) is 0 Å². The van der Waals surface area contributed by atoms with Crippen molar-refractivity contribution in [1.82, 2.24) is 0 Å². The fraction of sp³-hybridized carbons (Fsp3) is 0.310. The molecule has 3 aromatic rings. The highest BCUT2D eigenvalue weighted by atomic mass is 16.6. The van der Waals surface area contributed by atoms with Crippen LogP contribution in [0.2, 0.25) is 0 Å². The van der Waals surface area contributed by atoms with Crippen LogP contribution in [0.15, 0.2) is 66.7 Å². The summed E-state index contributed by atoms with van der Waals surface area (Å²) in [7, 11) is 1.40. The van der Waals surface area contributed by atoms with Gasteiger partial charge in [-0.2, -0.15) is 0 Å². The number of nitrogens with zero attached hydrogens (tertiary/aromatic N) is 1. The molecule has 0 amide bonds. The molecule has 0 fully saturated rings. The van der Waals surface area contributed by atoms with Crippen LogP contribution in [0.3, 0.4) is 0 Å². The number of hydrogen-bond donors (Lipinski definition) is 0. The highest BCUT2D eigenvalue weighted by Gasteiger charge is 2.22. The van der Waals surface area contributed by atoms with E-state index in [1.54, 1.807) is 0 Å². The van der Waals surface area contributed by atoms with Gasteiger partial charge in [-0.3, -0.25) is 0 Å². The van der Waals surface area contributed by atoms with Gasteiger partial charge in [0, 0.05) is 18.8 Å². The summed E-state index contributed by atoms with van der Waals surface area (Å²) in [6.45, 7) is 7.31. The summed E-state index contributed by atoms with van der Waals surface area (Å²) in [5, 5.41) is 0. The molecule has 0 N–H and O–H groups in total. The molecule has 1 heterocycles. The smallest absolute Gasteiger partial charge is 0.339 e. The maximum Gasteiger partial charge on any atom is 0.339 e. The largest absolute Gasteiger partial charge is 0.465 e. The fourth-order valence-electron chi connectivity index (χ4n) is 4.39. The molecule has 0 unspecified atom stereocenters. The Hall–Kier alpha value is -3.60. The Morgan fingerprint density at radius 2 is 1.74 bits per heavy atom. The third-order valence-electron chi connectivity index (χ3n) is 5.87. The van der Waals surface area contributed by atoms with E-state index < -0.39 is 5.60 Å². The number of fused-ring (bicyclic) bond motifs is 1. The molecule has 5 nitrogen and oxygen atoms in total. The summed E-state index contributed by atoms with van der Waals surface area (Å²) in [6.07, 6.45) is 1.97. The van der Waals surface area contributed by atoms with Gasteiger partial charge in [-0.15, -0.1) is 0 Å². The first-order valence-electron chi connectivity index (χ1n) is 11.6. The summed E-state index contributed by atoms with van der Waals surface area (Å²) in [4.78, 5) is 27.1. The van der Waals surface area contributed by atoms with Crippen molar-refractivity contribution in [3.8, 4) is 11.1 Å². The van der Waals surface area contributed by atoms with Crippen LogP contribution in [-0.4, -0.2) is 31.2 Å². The third-order valence-corrected chi connectivity index (χ3v) is 5.87. The Labute approximate surface area is 201 Å². The van der Waals surface area contributed by atoms with Crippen LogP contribution >= 0.6 is 0 Å². The molecule has 0 bridgehead atoms. The predicted octanol–water partition coefficient (Wildman–Crippen LogP) is 6.05. The molecule has 0 spiro atoms. The average Bonchev–Trinajstić information content (AvgIpc) is 2.82. The first kappa shape index (κ1) is 23.6. The second kappa shape index (κ2) is 9.72. The van der Waals surface area contributed by atoms with Gasteiger partial charge in [0.2, 0.25) is 0 Å². The van der Waals surface area contributed by atoms with Crippen LogP contribution < -0.4 is 4.90 Å². The zero-order valence-electron chi connectivity index (χ0n) is 20.3. The molecule has 34 heavy (non-hydrogen) atoms. The normalized spacial score (nSPS) is 13.2. The lowest BCUT2D eigenvalue weighted by atomic mass is 9.96. The van der Waals surface area contributed by atoms with E-state index in [-0.39, 0.29) is 11.9 Å². The number of benzene rings is 3. The number of rotatable bonds is 5. The molecule has 4 rings (SSSR count). The average molecular weight is 458 g/mol. The van der Waals surface area contributed by atoms with Crippen LogP contribution in [-0.2, 0) is 22.4 Å². The molecular weight excluding hydrogens is 426 g/mol. The zero-order valence-corrected chi connectivity index (χ0v) is 20.3. The molecule has 0 aliphatic carbocycles. The number of methoxy groups -OCH3 is 1. The number of anilines is 1. The van der Waals surface area contributed by atoms with Gasteiger partial charge in [0.15, 0.2) is 0 Å². The monoisotopic (exact) mass is 457 g/mol. The van der Waals surface area contributed by atoms with Crippen molar-refractivity contribution >= 4 is 17.6 Å². The minimum atomic E-state index is -0.554. The van der Waals surface area contributed by atoms with E-state index in [0.29, 0.717) is 11.1 Å². The molecule has 5 heteroatoms. The van der Waals surface area contributed by atoms with E-state index >= 15 is 0 Å². The third kappa shape index (κ3) is 5.30. The Balaban J connectivity index is 1.60. The summed E-state index contributed by atoms with van der Waals surface area (Å²) in [5.74, 6) is -0.629. The molecule has 1 aliphatic heterocycles. The highest BCUT2D eigenvalue weighted by Crippen LogP contribution is 2.31.